The Balaban J connectivity index is 2.15. The van der Waals surface area contributed by atoms with Gasteiger partial charge in [0.25, 0.3) is 0 Å². The molecule has 2 aromatic rings. The summed E-state index contributed by atoms with van der Waals surface area (Å²) in [5.41, 5.74) is 2.78. The van der Waals surface area contributed by atoms with E-state index >= 15 is 0 Å². The molecule has 0 aliphatic carbocycles. The molecule has 1 aliphatic rings. The second-order valence-electron chi connectivity index (χ2n) is 7.60. The van der Waals surface area contributed by atoms with Gasteiger partial charge in [0, 0.05) is 6.04 Å². The first kappa shape index (κ1) is 21.3. The molecule has 0 fully saturated rings. The summed E-state index contributed by atoms with van der Waals surface area (Å²) in [5.74, 6) is -1.08. The minimum Gasteiger partial charge on any atom is -0.478 e. The van der Waals surface area contributed by atoms with Crippen molar-refractivity contribution in [1.29, 1.82) is 0 Å². The van der Waals surface area contributed by atoms with Crippen LogP contribution in [0, 0.1) is 13.8 Å². The Hall–Kier alpha value is -2.44. The number of hydrogen-bond donors (Lipinski definition) is 1. The molecular weight excluding hydrogens is 386 g/mol. The summed E-state index contributed by atoms with van der Waals surface area (Å²) in [6, 6.07) is 12.8. The first-order valence-corrected chi connectivity index (χ1v) is 11.3. The minimum absolute atomic E-state index is 0.116. The van der Waals surface area contributed by atoms with Gasteiger partial charge in [-0.2, -0.15) is 4.31 Å². The van der Waals surface area contributed by atoms with Gasteiger partial charge < -0.3 is 5.11 Å². The van der Waals surface area contributed by atoms with Crippen LogP contribution >= 0.6 is 0 Å². The lowest BCUT2D eigenvalue weighted by Crippen LogP contribution is -2.39. The van der Waals surface area contributed by atoms with E-state index in [4.69, 9.17) is 0 Å². The van der Waals surface area contributed by atoms with Crippen LogP contribution in [0.4, 0.5) is 0 Å². The Morgan fingerprint density at radius 1 is 1.00 bits per heavy atom. The summed E-state index contributed by atoms with van der Waals surface area (Å²) in [7, 11) is -3.89. The van der Waals surface area contributed by atoms with Crippen LogP contribution in [0.15, 0.2) is 65.1 Å². The molecule has 0 spiro atoms. The Kier molecular flexibility index (Phi) is 6.24. The van der Waals surface area contributed by atoms with Gasteiger partial charge in [0.1, 0.15) is 0 Å². The molecule has 0 amide bonds. The number of carboxylic acids is 1. The smallest absolute Gasteiger partial charge is 0.333 e. The van der Waals surface area contributed by atoms with E-state index < -0.39 is 28.1 Å². The zero-order valence-electron chi connectivity index (χ0n) is 17.0. The summed E-state index contributed by atoms with van der Waals surface area (Å²) in [6.07, 6.45) is 3.92. The highest BCUT2D eigenvalue weighted by Crippen LogP contribution is 2.42. The maximum Gasteiger partial charge on any atom is 0.333 e. The van der Waals surface area contributed by atoms with Gasteiger partial charge in [0.15, 0.2) is 0 Å². The summed E-state index contributed by atoms with van der Waals surface area (Å²) in [6.45, 7) is 5.87. The van der Waals surface area contributed by atoms with Crippen molar-refractivity contribution in [3.63, 3.8) is 0 Å². The number of unbranched alkanes of at least 4 members (excludes halogenated alkanes) is 1. The van der Waals surface area contributed by atoms with Gasteiger partial charge >= 0.3 is 5.97 Å². The summed E-state index contributed by atoms with van der Waals surface area (Å²) >= 11 is 0. The Labute approximate surface area is 172 Å². The lowest BCUT2D eigenvalue weighted by molar-refractivity contribution is -0.133. The molecule has 29 heavy (non-hydrogen) atoms. The van der Waals surface area contributed by atoms with Crippen LogP contribution in [-0.2, 0) is 14.8 Å². The molecule has 154 valence electrons. The second-order valence-corrected chi connectivity index (χ2v) is 9.44. The lowest BCUT2D eigenvalue weighted by Gasteiger charge is -2.31. The van der Waals surface area contributed by atoms with Gasteiger partial charge in [0.2, 0.25) is 10.0 Å². The largest absolute Gasteiger partial charge is 0.478 e. The van der Waals surface area contributed by atoms with Gasteiger partial charge in [-0.3, -0.25) is 0 Å². The SMILES string of the molecule is CCCC[C@H]1C=C(C(=O)O)[C@@H](c2ccc(C)cc2)N1S(=O)(=O)c1ccc(C)cc1. The second kappa shape index (κ2) is 8.51. The summed E-state index contributed by atoms with van der Waals surface area (Å²) in [5, 5.41) is 9.84. The topological polar surface area (TPSA) is 74.7 Å². The van der Waals surface area contributed by atoms with Crippen LogP contribution in [0.25, 0.3) is 0 Å². The van der Waals surface area contributed by atoms with Crippen molar-refractivity contribution in [2.24, 2.45) is 0 Å². The van der Waals surface area contributed by atoms with Crippen molar-refractivity contribution < 1.29 is 18.3 Å². The number of sulfonamides is 1. The highest BCUT2D eigenvalue weighted by atomic mass is 32.2. The molecule has 3 rings (SSSR count). The molecule has 2 atom stereocenters. The van der Waals surface area contributed by atoms with Crippen molar-refractivity contribution in [2.45, 2.75) is 57.0 Å². The first-order chi connectivity index (χ1) is 13.8. The minimum atomic E-state index is -3.89. The van der Waals surface area contributed by atoms with Crippen LogP contribution in [0.3, 0.4) is 0 Å². The number of nitrogens with zero attached hydrogens (tertiary/aromatic N) is 1. The molecule has 0 radical (unpaired) electrons. The van der Waals surface area contributed by atoms with Crippen LogP contribution in [-0.4, -0.2) is 29.8 Å². The van der Waals surface area contributed by atoms with E-state index in [2.05, 4.69) is 0 Å². The van der Waals surface area contributed by atoms with E-state index in [9.17, 15) is 18.3 Å². The maximum absolute atomic E-state index is 13.6. The number of aryl methyl sites for hydroxylation is 2. The number of carboxylic acid groups (broad SMARTS) is 1. The molecule has 1 aliphatic heterocycles. The van der Waals surface area contributed by atoms with Crippen molar-refractivity contribution in [1.82, 2.24) is 4.31 Å². The normalized spacial score (nSPS) is 19.9. The van der Waals surface area contributed by atoms with Crippen molar-refractivity contribution in [3.05, 3.63) is 76.9 Å². The molecule has 0 saturated heterocycles. The molecule has 6 heteroatoms. The van der Waals surface area contributed by atoms with E-state index in [1.165, 1.54) is 4.31 Å². The van der Waals surface area contributed by atoms with Crippen molar-refractivity contribution >= 4 is 16.0 Å². The van der Waals surface area contributed by atoms with Crippen LogP contribution in [0.1, 0.15) is 48.9 Å². The molecule has 0 aromatic heterocycles. The lowest BCUT2D eigenvalue weighted by atomic mass is 10.00. The van der Waals surface area contributed by atoms with Crippen LogP contribution < -0.4 is 0 Å². The molecule has 1 N–H and O–H groups in total. The van der Waals surface area contributed by atoms with Gasteiger partial charge in [-0.1, -0.05) is 73.4 Å². The summed E-state index contributed by atoms with van der Waals surface area (Å²) in [4.78, 5) is 12.2. The number of rotatable bonds is 7. The Morgan fingerprint density at radius 3 is 2.07 bits per heavy atom. The van der Waals surface area contributed by atoms with E-state index in [0.29, 0.717) is 12.0 Å². The fourth-order valence-corrected chi connectivity index (χ4v) is 5.50. The van der Waals surface area contributed by atoms with Gasteiger partial charge in [-0.05, 0) is 38.0 Å². The Bertz CT molecular complexity index is 1010. The Morgan fingerprint density at radius 2 is 1.55 bits per heavy atom. The third kappa shape index (κ3) is 4.28. The molecule has 0 saturated carbocycles. The highest BCUT2D eigenvalue weighted by molar-refractivity contribution is 7.89. The van der Waals surface area contributed by atoms with E-state index in [-0.39, 0.29) is 10.5 Å². The maximum atomic E-state index is 13.6. The number of hydrogen-bond acceptors (Lipinski definition) is 3. The third-order valence-corrected chi connectivity index (χ3v) is 7.24. The van der Waals surface area contributed by atoms with Crippen molar-refractivity contribution in [3.8, 4) is 0 Å². The van der Waals surface area contributed by atoms with Crippen molar-refractivity contribution in [2.75, 3.05) is 0 Å². The average Bonchev–Trinajstić information content (AvgIpc) is 3.08. The number of benzene rings is 2. The van der Waals surface area contributed by atoms with E-state index in [1.807, 2.05) is 45.0 Å². The fourth-order valence-electron chi connectivity index (χ4n) is 3.74. The zero-order chi connectivity index (χ0) is 21.2. The van der Waals surface area contributed by atoms with Crippen LogP contribution in [0.5, 0.6) is 0 Å². The number of carbonyl (C=O) groups is 1. The standard InChI is InChI=1S/C23H27NO4S/c1-4-5-6-19-15-21(23(25)26)22(18-11-7-16(2)8-12-18)24(19)29(27,28)20-13-9-17(3)10-14-20/h7-15,19,22H,4-6H2,1-3H3,(H,25,26)/t19-,22+/m0/s1. The van der Waals surface area contributed by atoms with Gasteiger partial charge in [0.05, 0.1) is 16.5 Å². The predicted molar refractivity (Wildman–Crippen MR) is 113 cm³/mol. The molecule has 5 nitrogen and oxygen atoms in total. The predicted octanol–water partition coefficient (Wildman–Crippen LogP) is 4.62. The number of aliphatic carboxylic acids is 1. The average molecular weight is 414 g/mol. The third-order valence-electron chi connectivity index (χ3n) is 5.34. The quantitative estimate of drug-likeness (QED) is 0.719. The molecule has 1 heterocycles. The van der Waals surface area contributed by atoms with Gasteiger partial charge in [-0.15, -0.1) is 0 Å². The highest BCUT2D eigenvalue weighted by Gasteiger charge is 2.45. The van der Waals surface area contributed by atoms with Gasteiger partial charge in [-0.25, -0.2) is 13.2 Å². The fraction of sp³-hybridized carbons (Fsp3) is 0.348. The monoisotopic (exact) mass is 413 g/mol. The van der Waals surface area contributed by atoms with E-state index in [1.54, 1.807) is 30.3 Å². The first-order valence-electron chi connectivity index (χ1n) is 9.87. The molecule has 0 bridgehead atoms. The summed E-state index contributed by atoms with van der Waals surface area (Å²) < 4.78 is 28.7. The van der Waals surface area contributed by atoms with E-state index in [0.717, 1.165) is 24.0 Å². The van der Waals surface area contributed by atoms with Crippen LogP contribution in [0.2, 0.25) is 0 Å². The molecule has 2 aromatic carbocycles. The molecular formula is C23H27NO4S. The zero-order valence-corrected chi connectivity index (χ0v) is 17.8. The molecule has 0 unspecified atom stereocenters.